The maximum Gasteiger partial charge on any atom is 0.243 e. The molecule has 1 fully saturated rings. The van der Waals surface area contributed by atoms with E-state index in [4.69, 9.17) is 0 Å². The molecule has 1 atom stereocenters. The minimum atomic E-state index is -0.0676. The molecular weight excluding hydrogens is 238 g/mol. The molecule has 4 heteroatoms. The molecule has 1 heterocycles. The van der Waals surface area contributed by atoms with Crippen molar-refractivity contribution < 1.29 is 4.79 Å². The number of aryl methyl sites for hydroxylation is 2. The van der Waals surface area contributed by atoms with Gasteiger partial charge in [0.15, 0.2) is 0 Å². The van der Waals surface area contributed by atoms with Gasteiger partial charge in [0.25, 0.3) is 0 Å². The highest BCUT2D eigenvalue weighted by atomic mass is 16.2. The van der Waals surface area contributed by atoms with Crippen LogP contribution in [0.25, 0.3) is 0 Å². The molecule has 1 amide bonds. The third-order valence-corrected chi connectivity index (χ3v) is 4.18. The van der Waals surface area contributed by atoms with Gasteiger partial charge in [0.2, 0.25) is 5.91 Å². The zero-order chi connectivity index (χ0) is 13.2. The topological polar surface area (TPSA) is 44.4 Å². The van der Waals surface area contributed by atoms with E-state index in [1.807, 2.05) is 13.1 Å². The summed E-state index contributed by atoms with van der Waals surface area (Å²) in [7, 11) is 2.01. The Balaban J connectivity index is 1.69. The van der Waals surface area contributed by atoms with Crippen LogP contribution in [0.4, 0.5) is 5.69 Å². The van der Waals surface area contributed by atoms with E-state index in [-0.39, 0.29) is 11.9 Å². The highest BCUT2D eigenvalue weighted by Crippen LogP contribution is 2.25. The third-order valence-electron chi connectivity index (χ3n) is 4.18. The molecule has 1 aromatic rings. The number of nitrogens with zero attached hydrogens (tertiary/aromatic N) is 1. The molecule has 1 unspecified atom stereocenters. The number of hydrogen-bond acceptors (Lipinski definition) is 3. The summed E-state index contributed by atoms with van der Waals surface area (Å²) >= 11 is 0. The summed E-state index contributed by atoms with van der Waals surface area (Å²) in [6, 6.07) is 6.25. The van der Waals surface area contributed by atoms with E-state index >= 15 is 0 Å². The van der Waals surface area contributed by atoms with Crippen molar-refractivity contribution in [1.82, 2.24) is 10.2 Å². The van der Waals surface area contributed by atoms with E-state index in [1.165, 1.54) is 24.0 Å². The molecule has 1 saturated heterocycles. The van der Waals surface area contributed by atoms with Crippen LogP contribution in [0.3, 0.4) is 0 Å². The third kappa shape index (κ3) is 2.65. The fourth-order valence-electron chi connectivity index (χ4n) is 2.97. The van der Waals surface area contributed by atoms with Gasteiger partial charge in [-0.2, -0.15) is 0 Å². The van der Waals surface area contributed by atoms with Crippen molar-refractivity contribution in [2.45, 2.75) is 25.3 Å². The Labute approximate surface area is 114 Å². The van der Waals surface area contributed by atoms with Crippen LogP contribution >= 0.6 is 0 Å². The molecule has 1 aliphatic carbocycles. The number of carbonyl (C=O) groups is 1. The second-order valence-corrected chi connectivity index (χ2v) is 5.53. The number of nitrogens with one attached hydrogen (secondary N) is 2. The van der Waals surface area contributed by atoms with Crippen LogP contribution in [0.5, 0.6) is 0 Å². The number of benzene rings is 1. The predicted molar refractivity (Wildman–Crippen MR) is 76.4 cm³/mol. The van der Waals surface area contributed by atoms with Gasteiger partial charge in [-0.05, 0) is 49.6 Å². The number of amides is 1. The van der Waals surface area contributed by atoms with Crippen LogP contribution in [-0.4, -0.2) is 43.5 Å². The summed E-state index contributed by atoms with van der Waals surface area (Å²) in [6.07, 6.45) is 3.56. The first-order valence-corrected chi connectivity index (χ1v) is 7.07. The van der Waals surface area contributed by atoms with Gasteiger partial charge >= 0.3 is 0 Å². The number of carbonyl (C=O) groups excluding carboxylic acids is 1. The number of fused-ring (bicyclic) bond motifs is 1. The molecule has 2 N–H and O–H groups in total. The van der Waals surface area contributed by atoms with Crippen molar-refractivity contribution in [3.63, 3.8) is 0 Å². The highest BCUT2D eigenvalue weighted by Gasteiger charge is 2.25. The average Bonchev–Trinajstić information content (AvgIpc) is 2.86. The van der Waals surface area contributed by atoms with E-state index < -0.39 is 0 Å². The average molecular weight is 259 g/mol. The van der Waals surface area contributed by atoms with Gasteiger partial charge in [-0.25, -0.2) is 0 Å². The van der Waals surface area contributed by atoms with E-state index in [0.29, 0.717) is 0 Å². The Morgan fingerprint density at radius 1 is 1.37 bits per heavy atom. The lowest BCUT2D eigenvalue weighted by molar-refractivity contribution is -0.121. The lowest BCUT2D eigenvalue weighted by Crippen LogP contribution is -2.54. The van der Waals surface area contributed by atoms with Gasteiger partial charge in [-0.3, -0.25) is 9.69 Å². The Hall–Kier alpha value is -1.39. The predicted octanol–water partition coefficient (Wildman–Crippen LogP) is 1.02. The SMILES string of the molecule is CN1CCNCC1C(=O)Nc1ccc2c(c1)CCC2. The number of likely N-dealkylation sites (N-methyl/N-ethyl adjacent to an activating group) is 1. The van der Waals surface area contributed by atoms with E-state index in [1.54, 1.807) is 0 Å². The summed E-state index contributed by atoms with van der Waals surface area (Å²) in [4.78, 5) is 14.4. The first-order chi connectivity index (χ1) is 9.24. The molecule has 0 saturated carbocycles. The van der Waals surface area contributed by atoms with E-state index in [2.05, 4.69) is 27.7 Å². The van der Waals surface area contributed by atoms with Crippen molar-refractivity contribution in [2.75, 3.05) is 32.0 Å². The van der Waals surface area contributed by atoms with Crippen LogP contribution in [0.15, 0.2) is 18.2 Å². The highest BCUT2D eigenvalue weighted by molar-refractivity contribution is 5.95. The number of hydrogen-bond donors (Lipinski definition) is 2. The van der Waals surface area contributed by atoms with Crippen molar-refractivity contribution >= 4 is 11.6 Å². The smallest absolute Gasteiger partial charge is 0.243 e. The molecule has 0 spiro atoms. The number of anilines is 1. The Morgan fingerprint density at radius 3 is 3.05 bits per heavy atom. The minimum absolute atomic E-state index is 0.0676. The van der Waals surface area contributed by atoms with Gasteiger partial charge in [0, 0.05) is 25.3 Å². The summed E-state index contributed by atoms with van der Waals surface area (Å²) < 4.78 is 0. The van der Waals surface area contributed by atoms with Gasteiger partial charge < -0.3 is 10.6 Å². The van der Waals surface area contributed by atoms with Crippen molar-refractivity contribution in [3.05, 3.63) is 29.3 Å². The minimum Gasteiger partial charge on any atom is -0.325 e. The molecule has 3 rings (SSSR count). The molecule has 102 valence electrons. The largest absolute Gasteiger partial charge is 0.325 e. The second-order valence-electron chi connectivity index (χ2n) is 5.53. The van der Waals surface area contributed by atoms with Gasteiger partial charge in [0.05, 0.1) is 0 Å². The number of rotatable bonds is 2. The van der Waals surface area contributed by atoms with E-state index in [9.17, 15) is 4.79 Å². The van der Waals surface area contributed by atoms with E-state index in [0.717, 1.165) is 31.7 Å². The maximum atomic E-state index is 12.3. The van der Waals surface area contributed by atoms with Crippen molar-refractivity contribution in [1.29, 1.82) is 0 Å². The molecule has 1 aliphatic heterocycles. The lowest BCUT2D eigenvalue weighted by atomic mass is 10.1. The Morgan fingerprint density at radius 2 is 2.21 bits per heavy atom. The molecule has 0 bridgehead atoms. The quantitative estimate of drug-likeness (QED) is 0.833. The van der Waals surface area contributed by atoms with Gasteiger partial charge in [-0.15, -0.1) is 0 Å². The first-order valence-electron chi connectivity index (χ1n) is 7.07. The monoisotopic (exact) mass is 259 g/mol. The van der Waals surface area contributed by atoms with Crippen LogP contribution in [-0.2, 0) is 17.6 Å². The zero-order valence-corrected chi connectivity index (χ0v) is 11.4. The fourth-order valence-corrected chi connectivity index (χ4v) is 2.97. The molecule has 1 aromatic carbocycles. The fraction of sp³-hybridized carbons (Fsp3) is 0.533. The van der Waals surface area contributed by atoms with Crippen LogP contribution in [0.2, 0.25) is 0 Å². The molecule has 0 radical (unpaired) electrons. The Kier molecular flexibility index (Phi) is 3.53. The summed E-state index contributed by atoms with van der Waals surface area (Å²) in [5.74, 6) is 0.0904. The maximum absolute atomic E-state index is 12.3. The first kappa shape index (κ1) is 12.6. The van der Waals surface area contributed by atoms with Crippen molar-refractivity contribution in [3.8, 4) is 0 Å². The standard InChI is InChI=1S/C15H21N3O/c1-18-8-7-16-10-14(18)15(19)17-13-6-5-11-3-2-4-12(11)9-13/h5-6,9,14,16H,2-4,7-8,10H2,1H3,(H,17,19). The van der Waals surface area contributed by atoms with Crippen molar-refractivity contribution in [2.24, 2.45) is 0 Å². The molecule has 19 heavy (non-hydrogen) atoms. The summed E-state index contributed by atoms with van der Waals surface area (Å²) in [5.41, 5.74) is 3.77. The Bertz CT molecular complexity index is 486. The summed E-state index contributed by atoms with van der Waals surface area (Å²) in [5, 5.41) is 6.32. The van der Waals surface area contributed by atoms with Crippen LogP contribution in [0.1, 0.15) is 17.5 Å². The molecule has 2 aliphatic rings. The summed E-state index contributed by atoms with van der Waals surface area (Å²) in [6.45, 7) is 2.61. The molecule has 4 nitrogen and oxygen atoms in total. The molecular formula is C15H21N3O. The van der Waals surface area contributed by atoms with Gasteiger partial charge in [0.1, 0.15) is 6.04 Å². The van der Waals surface area contributed by atoms with Crippen LogP contribution < -0.4 is 10.6 Å². The lowest BCUT2D eigenvalue weighted by Gasteiger charge is -2.31. The van der Waals surface area contributed by atoms with Crippen LogP contribution in [0, 0.1) is 0 Å². The number of piperazine rings is 1. The zero-order valence-electron chi connectivity index (χ0n) is 11.4. The normalized spacial score (nSPS) is 23.1. The second kappa shape index (κ2) is 5.31. The molecule has 0 aromatic heterocycles. The van der Waals surface area contributed by atoms with Gasteiger partial charge in [-0.1, -0.05) is 6.07 Å².